The van der Waals surface area contributed by atoms with Crippen molar-refractivity contribution in [3.05, 3.63) is 101 Å². The van der Waals surface area contributed by atoms with Gasteiger partial charge in [0.2, 0.25) is 5.88 Å². The van der Waals surface area contributed by atoms with Crippen LogP contribution in [0.5, 0.6) is 11.6 Å². The SMILES string of the molecule is [CH2]Cc1ccc(-c2cccc(Oc3ncc(F)cc3C(=O)NC3CCC(NC(=O)c4csc(C)n4)CC3)c2)cc1. The summed E-state index contributed by atoms with van der Waals surface area (Å²) in [5.41, 5.74) is 3.56. The lowest BCUT2D eigenvalue weighted by molar-refractivity contribution is 0.0888. The summed E-state index contributed by atoms with van der Waals surface area (Å²) in [5, 5.41) is 8.62. The Morgan fingerprint density at radius 1 is 1.00 bits per heavy atom. The van der Waals surface area contributed by atoms with Crippen LogP contribution in [0.15, 0.2) is 66.2 Å². The summed E-state index contributed by atoms with van der Waals surface area (Å²) in [6.45, 7) is 5.77. The third-order valence-corrected chi connectivity index (χ3v) is 7.71. The van der Waals surface area contributed by atoms with Gasteiger partial charge in [-0.3, -0.25) is 9.59 Å². The number of carbonyl (C=O) groups excluding carboxylic acids is 2. The average molecular weight is 558 g/mol. The maximum Gasteiger partial charge on any atom is 0.270 e. The summed E-state index contributed by atoms with van der Waals surface area (Å²) >= 11 is 1.44. The Bertz CT molecular complexity index is 1500. The largest absolute Gasteiger partial charge is 0.438 e. The molecule has 9 heteroatoms. The molecule has 1 fully saturated rings. The molecule has 1 aliphatic carbocycles. The van der Waals surface area contributed by atoms with E-state index in [9.17, 15) is 14.0 Å². The molecule has 2 heterocycles. The van der Waals surface area contributed by atoms with Gasteiger partial charge in [0.05, 0.1) is 11.2 Å². The monoisotopic (exact) mass is 557 g/mol. The number of hydrogen-bond donors (Lipinski definition) is 2. The zero-order valence-corrected chi connectivity index (χ0v) is 23.0. The minimum atomic E-state index is -0.625. The van der Waals surface area contributed by atoms with E-state index in [0.717, 1.165) is 40.4 Å². The van der Waals surface area contributed by atoms with Gasteiger partial charge in [0, 0.05) is 17.5 Å². The van der Waals surface area contributed by atoms with Gasteiger partial charge in [0.25, 0.3) is 11.8 Å². The van der Waals surface area contributed by atoms with E-state index in [-0.39, 0.29) is 29.4 Å². The van der Waals surface area contributed by atoms with Crippen molar-refractivity contribution in [2.24, 2.45) is 0 Å². The number of hydrogen-bond acceptors (Lipinski definition) is 6. The second kappa shape index (κ2) is 12.4. The van der Waals surface area contributed by atoms with E-state index >= 15 is 0 Å². The molecule has 2 aromatic carbocycles. The summed E-state index contributed by atoms with van der Waals surface area (Å²) in [7, 11) is 0. The van der Waals surface area contributed by atoms with E-state index in [0.29, 0.717) is 37.1 Å². The molecule has 2 amide bonds. The molecular weight excluding hydrogens is 527 g/mol. The fraction of sp³-hybridized carbons (Fsp3) is 0.258. The highest BCUT2D eigenvalue weighted by molar-refractivity contribution is 7.09. The van der Waals surface area contributed by atoms with Crippen molar-refractivity contribution in [1.82, 2.24) is 20.6 Å². The highest BCUT2D eigenvalue weighted by Gasteiger charge is 2.26. The van der Waals surface area contributed by atoms with Gasteiger partial charge in [-0.1, -0.05) is 36.4 Å². The Kier molecular flexibility index (Phi) is 8.50. The molecule has 0 bridgehead atoms. The maximum absolute atomic E-state index is 14.1. The molecule has 205 valence electrons. The lowest BCUT2D eigenvalue weighted by atomic mass is 9.91. The number of thiazole rings is 1. The number of benzene rings is 2. The van der Waals surface area contributed by atoms with E-state index in [1.807, 2.05) is 49.4 Å². The molecule has 0 aliphatic heterocycles. The Hall–Kier alpha value is -4.11. The highest BCUT2D eigenvalue weighted by atomic mass is 32.1. The molecule has 0 saturated heterocycles. The van der Waals surface area contributed by atoms with Gasteiger partial charge >= 0.3 is 0 Å². The Labute approximate surface area is 236 Å². The lowest BCUT2D eigenvalue weighted by Gasteiger charge is -2.29. The van der Waals surface area contributed by atoms with Crippen LogP contribution >= 0.6 is 11.3 Å². The molecule has 0 unspecified atom stereocenters. The molecule has 2 aromatic heterocycles. The molecule has 1 aliphatic rings. The van der Waals surface area contributed by atoms with Gasteiger partial charge in [0.15, 0.2) is 0 Å². The molecule has 7 nitrogen and oxygen atoms in total. The van der Waals surface area contributed by atoms with E-state index in [4.69, 9.17) is 4.74 Å². The lowest BCUT2D eigenvalue weighted by Crippen LogP contribution is -2.44. The highest BCUT2D eigenvalue weighted by Crippen LogP contribution is 2.29. The van der Waals surface area contributed by atoms with Crippen LogP contribution in [0.1, 0.15) is 57.1 Å². The molecule has 5 rings (SSSR count). The minimum absolute atomic E-state index is 0.0134. The van der Waals surface area contributed by atoms with Gasteiger partial charge in [-0.05, 0) is 80.8 Å². The topological polar surface area (TPSA) is 93.2 Å². The fourth-order valence-electron chi connectivity index (χ4n) is 4.76. The molecule has 1 radical (unpaired) electrons. The first kappa shape index (κ1) is 27.5. The quantitative estimate of drug-likeness (QED) is 0.266. The number of rotatable bonds is 8. The van der Waals surface area contributed by atoms with E-state index in [2.05, 4.69) is 27.5 Å². The van der Waals surface area contributed by atoms with Gasteiger partial charge in [0.1, 0.15) is 22.8 Å². The first-order valence-electron chi connectivity index (χ1n) is 13.2. The average Bonchev–Trinajstić information content (AvgIpc) is 3.41. The Morgan fingerprint density at radius 2 is 1.70 bits per heavy atom. The number of halogens is 1. The maximum atomic E-state index is 14.1. The van der Waals surface area contributed by atoms with Crippen LogP contribution in [-0.2, 0) is 6.42 Å². The summed E-state index contributed by atoms with van der Waals surface area (Å²) in [4.78, 5) is 33.9. The van der Waals surface area contributed by atoms with Crippen molar-refractivity contribution in [2.45, 2.75) is 51.1 Å². The van der Waals surface area contributed by atoms with E-state index in [1.54, 1.807) is 11.4 Å². The van der Waals surface area contributed by atoms with Crippen molar-refractivity contribution in [3.63, 3.8) is 0 Å². The van der Waals surface area contributed by atoms with Crippen molar-refractivity contribution in [2.75, 3.05) is 0 Å². The number of carbonyl (C=O) groups is 2. The molecule has 4 aromatic rings. The van der Waals surface area contributed by atoms with Crippen molar-refractivity contribution >= 4 is 23.2 Å². The summed E-state index contributed by atoms with van der Waals surface area (Å²) in [6.07, 6.45) is 4.54. The van der Waals surface area contributed by atoms with Crippen LogP contribution in [0, 0.1) is 19.7 Å². The number of nitrogens with one attached hydrogen (secondary N) is 2. The van der Waals surface area contributed by atoms with Gasteiger partial charge < -0.3 is 15.4 Å². The predicted molar refractivity (Wildman–Crippen MR) is 153 cm³/mol. The number of aryl methyl sites for hydroxylation is 1. The number of pyridine rings is 1. The summed E-state index contributed by atoms with van der Waals surface area (Å²) in [6, 6.07) is 16.6. The fourth-order valence-corrected chi connectivity index (χ4v) is 5.35. The van der Waals surface area contributed by atoms with Gasteiger partial charge in [-0.25, -0.2) is 14.4 Å². The molecular formula is C31H30FN4O3S. The van der Waals surface area contributed by atoms with Crippen LogP contribution in [0.4, 0.5) is 4.39 Å². The second-order valence-electron chi connectivity index (χ2n) is 9.83. The minimum Gasteiger partial charge on any atom is -0.438 e. The third kappa shape index (κ3) is 6.71. The van der Waals surface area contributed by atoms with Crippen molar-refractivity contribution in [1.29, 1.82) is 0 Å². The van der Waals surface area contributed by atoms with Crippen LogP contribution in [0.25, 0.3) is 11.1 Å². The predicted octanol–water partition coefficient (Wildman–Crippen LogP) is 6.29. The number of nitrogens with zero attached hydrogens (tertiary/aromatic N) is 2. The normalized spacial score (nSPS) is 16.8. The molecule has 0 atom stereocenters. The Balaban J connectivity index is 1.22. The van der Waals surface area contributed by atoms with Crippen LogP contribution in [0.3, 0.4) is 0 Å². The second-order valence-corrected chi connectivity index (χ2v) is 10.9. The van der Waals surface area contributed by atoms with Gasteiger partial charge in [-0.2, -0.15) is 0 Å². The van der Waals surface area contributed by atoms with E-state index < -0.39 is 11.7 Å². The number of aromatic nitrogens is 2. The van der Waals surface area contributed by atoms with Crippen molar-refractivity contribution in [3.8, 4) is 22.8 Å². The Morgan fingerprint density at radius 3 is 2.35 bits per heavy atom. The van der Waals surface area contributed by atoms with Gasteiger partial charge in [-0.15, -0.1) is 11.3 Å². The summed E-state index contributed by atoms with van der Waals surface area (Å²) in [5.74, 6) is -0.738. The van der Waals surface area contributed by atoms with E-state index in [1.165, 1.54) is 11.3 Å². The zero-order valence-electron chi connectivity index (χ0n) is 22.2. The van der Waals surface area contributed by atoms with Crippen LogP contribution in [0.2, 0.25) is 0 Å². The molecule has 40 heavy (non-hydrogen) atoms. The first-order valence-corrected chi connectivity index (χ1v) is 14.1. The zero-order chi connectivity index (χ0) is 28.1. The third-order valence-electron chi connectivity index (χ3n) is 6.94. The number of amides is 2. The molecule has 0 spiro atoms. The van der Waals surface area contributed by atoms with Crippen LogP contribution < -0.4 is 15.4 Å². The van der Waals surface area contributed by atoms with Crippen molar-refractivity contribution < 1.29 is 18.7 Å². The first-order chi connectivity index (χ1) is 19.4. The number of ether oxygens (including phenoxy) is 1. The van der Waals surface area contributed by atoms with Crippen LogP contribution in [-0.4, -0.2) is 33.9 Å². The summed E-state index contributed by atoms with van der Waals surface area (Å²) < 4.78 is 20.1. The standard InChI is InChI=1S/C31H30FN4O3S/c1-3-20-7-9-21(10-8-20)22-5-4-6-26(15-22)39-31-27(16-23(32)17-33-31)29(37)35-24-11-13-25(14-12-24)36-30(38)28-18-40-19(2)34-28/h4-10,15-18,24-25H,1,3,11-14H2,2H3,(H,35,37)(H,36,38). The molecule has 2 N–H and O–H groups in total. The molecule has 1 saturated carbocycles. The smallest absolute Gasteiger partial charge is 0.270 e.